The number of nitrogens with one attached hydrogen (secondary N) is 2. The molecular weight excluding hydrogens is 358 g/mol. The minimum absolute atomic E-state index is 0.0738. The molecule has 0 aromatic carbocycles. The first-order valence-electron chi connectivity index (χ1n) is 8.77. The van der Waals surface area contributed by atoms with Crippen LogP contribution in [-0.2, 0) is 25.5 Å². The fraction of sp³-hybridized carbons (Fsp3) is 0.647. The predicted octanol–water partition coefficient (Wildman–Crippen LogP) is 1.96. The Morgan fingerprint density at radius 2 is 2.08 bits per heavy atom. The lowest BCUT2D eigenvalue weighted by molar-refractivity contribution is -0.148. The summed E-state index contributed by atoms with van der Waals surface area (Å²) < 4.78 is 9.79. The maximum Gasteiger partial charge on any atom is 0.321 e. The number of hydrogen-bond acceptors (Lipinski definition) is 7. The van der Waals surface area contributed by atoms with Crippen LogP contribution < -0.4 is 10.6 Å². The highest BCUT2D eigenvalue weighted by Gasteiger charge is 2.52. The van der Waals surface area contributed by atoms with E-state index < -0.39 is 6.03 Å². The smallest absolute Gasteiger partial charge is 0.321 e. The Kier molecular flexibility index (Phi) is 5.75. The molecule has 9 heteroatoms. The molecule has 0 radical (unpaired) electrons. The molecule has 26 heavy (non-hydrogen) atoms. The van der Waals surface area contributed by atoms with Gasteiger partial charge >= 0.3 is 18.0 Å². The van der Waals surface area contributed by atoms with E-state index in [0.29, 0.717) is 23.4 Å². The molecule has 0 unspecified atom stereocenters. The van der Waals surface area contributed by atoms with E-state index in [-0.39, 0.29) is 36.2 Å². The van der Waals surface area contributed by atoms with Crippen LogP contribution in [0.15, 0.2) is 5.38 Å². The number of methoxy groups -OCH3 is 1. The van der Waals surface area contributed by atoms with Crippen LogP contribution in [0.4, 0.5) is 9.93 Å². The van der Waals surface area contributed by atoms with E-state index in [1.807, 2.05) is 0 Å². The van der Waals surface area contributed by atoms with Crippen molar-refractivity contribution in [1.29, 1.82) is 0 Å². The minimum Gasteiger partial charge on any atom is -0.469 e. The number of ether oxygens (including phenoxy) is 2. The number of esters is 2. The molecule has 142 valence electrons. The number of amides is 2. The van der Waals surface area contributed by atoms with E-state index in [1.165, 1.54) is 18.4 Å². The second-order valence-corrected chi connectivity index (χ2v) is 7.49. The summed E-state index contributed by atoms with van der Waals surface area (Å²) in [5, 5.41) is 7.72. The van der Waals surface area contributed by atoms with Crippen LogP contribution in [-0.4, -0.2) is 42.7 Å². The molecular formula is C17H23N3O5S. The molecule has 2 fully saturated rings. The number of urea groups is 1. The number of fused-ring (bicyclic) bond motifs is 2. The standard InChI is InChI=1S/C17H23N3O5S/c1-3-25-12(21)7-11-8-26-17(18-11)20-16(23)19-14-10-5-4-9(6-10)13(14)15(22)24-2/h8-10,13-14H,3-7H2,1-2H3,(H2,18,19,20,23)/t9-,10-,13-,14+/m0/s1. The number of rotatable bonds is 6. The van der Waals surface area contributed by atoms with E-state index in [0.717, 1.165) is 19.3 Å². The van der Waals surface area contributed by atoms with Crippen molar-refractivity contribution in [2.75, 3.05) is 19.0 Å². The molecule has 2 saturated carbocycles. The Hall–Kier alpha value is -2.16. The number of nitrogens with zero attached hydrogens (tertiary/aromatic N) is 1. The van der Waals surface area contributed by atoms with Gasteiger partial charge in [-0.2, -0.15) is 0 Å². The Morgan fingerprint density at radius 3 is 2.81 bits per heavy atom. The molecule has 0 spiro atoms. The molecule has 2 aliphatic rings. The van der Waals surface area contributed by atoms with Gasteiger partial charge in [-0.25, -0.2) is 9.78 Å². The third-order valence-electron chi connectivity index (χ3n) is 5.09. The highest BCUT2D eigenvalue weighted by Crippen LogP contribution is 2.48. The van der Waals surface area contributed by atoms with Crippen molar-refractivity contribution >= 4 is 34.4 Å². The SMILES string of the molecule is CCOC(=O)Cc1csc(NC(=O)N[C@@H]2[C@H]3CC[C@@H](C3)[C@@H]2C(=O)OC)n1. The van der Waals surface area contributed by atoms with E-state index in [9.17, 15) is 14.4 Å². The first kappa shape index (κ1) is 18.6. The number of carbonyl (C=O) groups is 3. The van der Waals surface area contributed by atoms with E-state index in [4.69, 9.17) is 9.47 Å². The lowest BCUT2D eigenvalue weighted by Gasteiger charge is -2.29. The van der Waals surface area contributed by atoms with Crippen molar-refractivity contribution in [2.45, 2.75) is 38.6 Å². The molecule has 1 aromatic rings. The Morgan fingerprint density at radius 1 is 1.31 bits per heavy atom. The van der Waals surface area contributed by atoms with E-state index in [1.54, 1.807) is 12.3 Å². The maximum absolute atomic E-state index is 12.3. The molecule has 3 rings (SSSR count). The number of thiazole rings is 1. The molecule has 2 N–H and O–H groups in total. The monoisotopic (exact) mass is 381 g/mol. The van der Waals surface area contributed by atoms with Gasteiger partial charge in [0.15, 0.2) is 5.13 Å². The molecule has 1 aromatic heterocycles. The zero-order valence-corrected chi connectivity index (χ0v) is 15.6. The summed E-state index contributed by atoms with van der Waals surface area (Å²) in [7, 11) is 1.38. The van der Waals surface area contributed by atoms with Crippen LogP contribution in [0.1, 0.15) is 31.9 Å². The molecule has 8 nitrogen and oxygen atoms in total. The molecule has 4 atom stereocenters. The van der Waals surface area contributed by atoms with Gasteiger partial charge in [0, 0.05) is 11.4 Å². The van der Waals surface area contributed by atoms with Crippen molar-refractivity contribution in [2.24, 2.45) is 17.8 Å². The Labute approximate surface area is 155 Å². The van der Waals surface area contributed by atoms with Gasteiger partial charge in [-0.1, -0.05) is 0 Å². The van der Waals surface area contributed by atoms with Crippen molar-refractivity contribution in [3.8, 4) is 0 Å². The van der Waals surface area contributed by atoms with Crippen LogP contribution >= 0.6 is 11.3 Å². The van der Waals surface area contributed by atoms with Crippen molar-refractivity contribution in [1.82, 2.24) is 10.3 Å². The maximum atomic E-state index is 12.3. The van der Waals surface area contributed by atoms with Gasteiger partial charge < -0.3 is 14.8 Å². The van der Waals surface area contributed by atoms with Gasteiger partial charge in [0.25, 0.3) is 0 Å². The quantitative estimate of drug-likeness (QED) is 0.730. The highest BCUT2D eigenvalue weighted by atomic mass is 32.1. The highest BCUT2D eigenvalue weighted by molar-refractivity contribution is 7.13. The molecule has 1 heterocycles. The van der Waals surface area contributed by atoms with Crippen molar-refractivity contribution < 1.29 is 23.9 Å². The average molecular weight is 381 g/mol. The summed E-state index contributed by atoms with van der Waals surface area (Å²) in [6.45, 7) is 2.06. The summed E-state index contributed by atoms with van der Waals surface area (Å²) in [6, 6.07) is -0.603. The zero-order chi connectivity index (χ0) is 18.7. The fourth-order valence-corrected chi connectivity index (χ4v) is 4.77. The zero-order valence-electron chi connectivity index (χ0n) is 14.8. The summed E-state index contributed by atoms with van der Waals surface area (Å²) >= 11 is 1.24. The third-order valence-corrected chi connectivity index (χ3v) is 5.90. The van der Waals surface area contributed by atoms with Crippen LogP contribution in [0.3, 0.4) is 0 Å². The average Bonchev–Trinajstić information content (AvgIpc) is 3.31. The van der Waals surface area contributed by atoms with Gasteiger partial charge in [0.05, 0.1) is 31.7 Å². The van der Waals surface area contributed by atoms with Crippen LogP contribution in [0.25, 0.3) is 0 Å². The summed E-state index contributed by atoms with van der Waals surface area (Å²) in [4.78, 5) is 40.1. The summed E-state index contributed by atoms with van der Waals surface area (Å²) in [5.74, 6) is -0.287. The third kappa shape index (κ3) is 3.98. The van der Waals surface area contributed by atoms with Crippen LogP contribution in [0.5, 0.6) is 0 Å². The first-order chi connectivity index (χ1) is 12.5. The number of carbonyl (C=O) groups excluding carboxylic acids is 3. The lowest BCUT2D eigenvalue weighted by atomic mass is 9.84. The minimum atomic E-state index is -0.395. The lowest BCUT2D eigenvalue weighted by Crippen LogP contribution is -2.48. The van der Waals surface area contributed by atoms with E-state index >= 15 is 0 Å². The van der Waals surface area contributed by atoms with Crippen LogP contribution in [0.2, 0.25) is 0 Å². The topological polar surface area (TPSA) is 107 Å². The van der Waals surface area contributed by atoms with Crippen LogP contribution in [0, 0.1) is 17.8 Å². The summed E-state index contributed by atoms with van der Waals surface area (Å²) in [6.07, 6.45) is 3.05. The molecule has 2 amide bonds. The molecule has 0 saturated heterocycles. The number of aromatic nitrogens is 1. The Balaban J connectivity index is 1.56. The van der Waals surface area contributed by atoms with Crippen molar-refractivity contribution in [3.05, 3.63) is 11.1 Å². The number of anilines is 1. The second kappa shape index (κ2) is 8.03. The Bertz CT molecular complexity index is 692. The van der Waals surface area contributed by atoms with Gasteiger partial charge in [0.1, 0.15) is 0 Å². The van der Waals surface area contributed by atoms with Gasteiger partial charge in [-0.3, -0.25) is 14.9 Å². The predicted molar refractivity (Wildman–Crippen MR) is 94.7 cm³/mol. The second-order valence-electron chi connectivity index (χ2n) is 6.63. The largest absolute Gasteiger partial charge is 0.469 e. The molecule has 2 bridgehead atoms. The van der Waals surface area contributed by atoms with E-state index in [2.05, 4.69) is 15.6 Å². The molecule has 0 aliphatic heterocycles. The van der Waals surface area contributed by atoms with Crippen molar-refractivity contribution in [3.63, 3.8) is 0 Å². The normalized spacial score (nSPS) is 26.4. The van der Waals surface area contributed by atoms with Gasteiger partial charge in [-0.15, -0.1) is 11.3 Å². The summed E-state index contributed by atoms with van der Waals surface area (Å²) in [5.41, 5.74) is 0.552. The number of hydrogen-bond donors (Lipinski definition) is 2. The van der Waals surface area contributed by atoms with Gasteiger partial charge in [0.2, 0.25) is 0 Å². The fourth-order valence-electron chi connectivity index (χ4n) is 4.06. The van der Waals surface area contributed by atoms with Gasteiger partial charge in [-0.05, 0) is 38.0 Å². The first-order valence-corrected chi connectivity index (χ1v) is 9.65. The molecule has 2 aliphatic carbocycles.